The highest BCUT2D eigenvalue weighted by molar-refractivity contribution is 7.15. The Morgan fingerprint density at radius 2 is 1.85 bits per heavy atom. The van der Waals surface area contributed by atoms with Crippen LogP contribution >= 0.6 is 11.3 Å². The number of nitrogens with one attached hydrogen (secondary N) is 1. The molecule has 0 saturated heterocycles. The molecule has 108 valence electrons. The topological polar surface area (TPSA) is 37.8 Å². The zero-order valence-corrected chi connectivity index (χ0v) is 13.5. The van der Waals surface area contributed by atoms with Crippen LogP contribution in [0, 0.1) is 12.8 Å². The summed E-state index contributed by atoms with van der Waals surface area (Å²) in [6, 6.07) is 8.99. The van der Waals surface area contributed by atoms with Crippen molar-refractivity contribution < 1.29 is 0 Å². The van der Waals surface area contributed by atoms with Gasteiger partial charge < -0.3 is 5.32 Å². The number of aromatic nitrogens is 2. The van der Waals surface area contributed by atoms with Gasteiger partial charge >= 0.3 is 0 Å². The maximum Gasteiger partial charge on any atom is 0.206 e. The Hall–Kier alpha value is -1.42. The number of hydrogen-bond acceptors (Lipinski definition) is 4. The first-order valence-corrected chi connectivity index (χ1v) is 8.05. The molecule has 2 aromatic rings. The third kappa shape index (κ3) is 4.04. The van der Waals surface area contributed by atoms with Gasteiger partial charge in [-0.1, -0.05) is 61.9 Å². The average Bonchev–Trinajstić information content (AvgIpc) is 2.83. The third-order valence-electron chi connectivity index (χ3n) is 3.24. The van der Waals surface area contributed by atoms with E-state index in [-0.39, 0.29) is 0 Å². The van der Waals surface area contributed by atoms with Gasteiger partial charge in [-0.3, -0.25) is 0 Å². The third-order valence-corrected chi connectivity index (χ3v) is 4.11. The smallest absolute Gasteiger partial charge is 0.206 e. The molecule has 0 saturated carbocycles. The molecule has 0 bridgehead atoms. The first-order valence-electron chi connectivity index (χ1n) is 7.24. The minimum Gasteiger partial charge on any atom is -0.353 e. The first kappa shape index (κ1) is 15.0. The zero-order chi connectivity index (χ0) is 14.5. The monoisotopic (exact) mass is 289 g/mol. The number of benzene rings is 1. The molecule has 1 atom stereocenters. The Morgan fingerprint density at radius 3 is 2.45 bits per heavy atom. The average molecular weight is 289 g/mol. The van der Waals surface area contributed by atoms with Gasteiger partial charge in [0.05, 0.1) is 6.04 Å². The van der Waals surface area contributed by atoms with Crippen LogP contribution in [-0.4, -0.2) is 10.2 Å². The van der Waals surface area contributed by atoms with Gasteiger partial charge in [0.1, 0.15) is 5.01 Å². The molecule has 1 heterocycles. The molecule has 3 nitrogen and oxygen atoms in total. The molecule has 0 radical (unpaired) electrons. The van der Waals surface area contributed by atoms with E-state index in [9.17, 15) is 0 Å². The molecule has 0 spiro atoms. The Balaban J connectivity index is 2.06. The van der Waals surface area contributed by atoms with Crippen LogP contribution in [0.2, 0.25) is 0 Å². The normalized spacial score (nSPS) is 12.7. The van der Waals surface area contributed by atoms with Crippen molar-refractivity contribution in [2.24, 2.45) is 5.92 Å². The molecule has 0 aliphatic rings. The van der Waals surface area contributed by atoms with E-state index in [0.29, 0.717) is 12.0 Å². The standard InChI is InChI=1S/C16H23N3S/c1-5-14(13-8-6-12(4)7-9-13)17-16-19-18-15(20-16)10-11(2)3/h6-9,11,14H,5,10H2,1-4H3,(H,17,19). The maximum absolute atomic E-state index is 4.26. The SMILES string of the molecule is CCC(Nc1nnc(CC(C)C)s1)c1ccc(C)cc1. The fourth-order valence-electron chi connectivity index (χ4n) is 2.11. The van der Waals surface area contributed by atoms with Crippen molar-refractivity contribution in [1.82, 2.24) is 10.2 Å². The van der Waals surface area contributed by atoms with Crippen LogP contribution in [0.3, 0.4) is 0 Å². The van der Waals surface area contributed by atoms with Gasteiger partial charge in [0.25, 0.3) is 0 Å². The Kier molecular flexibility index (Phi) is 5.12. The van der Waals surface area contributed by atoms with Gasteiger partial charge in [-0.2, -0.15) is 0 Å². The van der Waals surface area contributed by atoms with Gasteiger partial charge in [-0.15, -0.1) is 10.2 Å². The van der Waals surface area contributed by atoms with Crippen LogP contribution in [0.1, 0.15) is 49.4 Å². The van der Waals surface area contributed by atoms with E-state index < -0.39 is 0 Å². The lowest BCUT2D eigenvalue weighted by Gasteiger charge is -2.16. The molecular weight excluding hydrogens is 266 g/mol. The van der Waals surface area contributed by atoms with Gasteiger partial charge in [0.2, 0.25) is 5.13 Å². The van der Waals surface area contributed by atoms with Crippen molar-refractivity contribution in [2.75, 3.05) is 5.32 Å². The second kappa shape index (κ2) is 6.84. The van der Waals surface area contributed by atoms with Crippen LogP contribution in [0.5, 0.6) is 0 Å². The lowest BCUT2D eigenvalue weighted by molar-refractivity contribution is 0.639. The summed E-state index contributed by atoms with van der Waals surface area (Å²) in [6.45, 7) is 8.71. The van der Waals surface area contributed by atoms with Crippen molar-refractivity contribution in [1.29, 1.82) is 0 Å². The molecule has 1 aromatic carbocycles. The van der Waals surface area contributed by atoms with Gasteiger partial charge in [-0.25, -0.2) is 0 Å². The molecule has 0 amide bonds. The second-order valence-electron chi connectivity index (χ2n) is 5.61. The molecule has 1 unspecified atom stereocenters. The predicted octanol–water partition coefficient (Wildman–Crippen LogP) is 4.61. The molecule has 1 aromatic heterocycles. The highest BCUT2D eigenvalue weighted by Gasteiger charge is 2.12. The van der Waals surface area contributed by atoms with E-state index in [2.05, 4.69) is 67.5 Å². The van der Waals surface area contributed by atoms with Crippen LogP contribution in [0.15, 0.2) is 24.3 Å². The summed E-state index contributed by atoms with van der Waals surface area (Å²) in [7, 11) is 0. The van der Waals surface area contributed by atoms with E-state index in [1.165, 1.54) is 11.1 Å². The lowest BCUT2D eigenvalue weighted by Crippen LogP contribution is -2.09. The summed E-state index contributed by atoms with van der Waals surface area (Å²) >= 11 is 1.67. The Labute approximate surface area is 125 Å². The van der Waals surface area contributed by atoms with Crippen molar-refractivity contribution in [3.05, 3.63) is 40.4 Å². The Bertz CT molecular complexity index is 531. The summed E-state index contributed by atoms with van der Waals surface area (Å²) in [5.74, 6) is 0.620. The van der Waals surface area contributed by atoms with Crippen molar-refractivity contribution in [2.45, 2.75) is 46.6 Å². The number of anilines is 1. The number of aryl methyl sites for hydroxylation is 1. The minimum atomic E-state index is 0.301. The highest BCUT2D eigenvalue weighted by Crippen LogP contribution is 2.25. The Morgan fingerprint density at radius 1 is 1.15 bits per heavy atom. The molecule has 0 aliphatic heterocycles. The molecule has 0 aliphatic carbocycles. The summed E-state index contributed by atoms with van der Waals surface area (Å²) in [5, 5.41) is 14.1. The summed E-state index contributed by atoms with van der Waals surface area (Å²) in [4.78, 5) is 0. The summed E-state index contributed by atoms with van der Waals surface area (Å²) < 4.78 is 0. The van der Waals surface area contributed by atoms with Crippen molar-refractivity contribution in [3.8, 4) is 0 Å². The maximum atomic E-state index is 4.26. The first-order chi connectivity index (χ1) is 9.58. The van der Waals surface area contributed by atoms with E-state index >= 15 is 0 Å². The molecular formula is C16H23N3S. The zero-order valence-electron chi connectivity index (χ0n) is 12.7. The van der Waals surface area contributed by atoms with Crippen LogP contribution in [0.4, 0.5) is 5.13 Å². The fraction of sp³-hybridized carbons (Fsp3) is 0.500. The molecule has 2 rings (SSSR count). The highest BCUT2D eigenvalue weighted by atomic mass is 32.1. The fourth-order valence-corrected chi connectivity index (χ4v) is 3.12. The van der Waals surface area contributed by atoms with Gasteiger partial charge in [-0.05, 0) is 24.8 Å². The van der Waals surface area contributed by atoms with Gasteiger partial charge in [0, 0.05) is 6.42 Å². The van der Waals surface area contributed by atoms with E-state index in [0.717, 1.165) is 23.0 Å². The number of nitrogens with zero attached hydrogens (tertiary/aromatic N) is 2. The quantitative estimate of drug-likeness (QED) is 0.844. The van der Waals surface area contributed by atoms with E-state index in [4.69, 9.17) is 0 Å². The van der Waals surface area contributed by atoms with Crippen molar-refractivity contribution in [3.63, 3.8) is 0 Å². The van der Waals surface area contributed by atoms with E-state index in [1.54, 1.807) is 11.3 Å². The molecule has 1 N–H and O–H groups in total. The van der Waals surface area contributed by atoms with E-state index in [1.807, 2.05) is 0 Å². The van der Waals surface area contributed by atoms with Crippen LogP contribution in [0.25, 0.3) is 0 Å². The molecule has 0 fully saturated rings. The summed E-state index contributed by atoms with van der Waals surface area (Å²) in [5.41, 5.74) is 2.59. The number of hydrogen-bond donors (Lipinski definition) is 1. The largest absolute Gasteiger partial charge is 0.353 e. The second-order valence-corrected chi connectivity index (χ2v) is 6.68. The van der Waals surface area contributed by atoms with Gasteiger partial charge in [0.15, 0.2) is 0 Å². The molecule has 20 heavy (non-hydrogen) atoms. The van der Waals surface area contributed by atoms with Crippen molar-refractivity contribution >= 4 is 16.5 Å². The number of rotatable bonds is 6. The predicted molar refractivity (Wildman–Crippen MR) is 86.3 cm³/mol. The molecule has 4 heteroatoms. The lowest BCUT2D eigenvalue weighted by atomic mass is 10.0. The van der Waals surface area contributed by atoms with Crippen LogP contribution in [-0.2, 0) is 6.42 Å². The minimum absolute atomic E-state index is 0.301. The van der Waals surface area contributed by atoms with Crippen LogP contribution < -0.4 is 5.32 Å². The summed E-state index contributed by atoms with van der Waals surface area (Å²) in [6.07, 6.45) is 2.03.